The third kappa shape index (κ3) is 4.44. The Morgan fingerprint density at radius 3 is 2.45 bits per heavy atom. The van der Waals surface area contributed by atoms with Gasteiger partial charge < -0.3 is 0 Å². The van der Waals surface area contributed by atoms with Gasteiger partial charge in [0.25, 0.3) is 0 Å². The zero-order chi connectivity index (χ0) is 14.5. The van der Waals surface area contributed by atoms with E-state index >= 15 is 0 Å². The lowest BCUT2D eigenvalue weighted by atomic mass is 10.2. The Labute approximate surface area is 129 Å². The molecule has 0 bridgehead atoms. The first kappa shape index (κ1) is 15.2. The fraction of sp³-hybridized carbons (Fsp3) is 0.0667. The second-order valence-electron chi connectivity index (χ2n) is 4.12. The molecule has 104 valence electrons. The molecule has 0 saturated heterocycles. The highest BCUT2D eigenvalue weighted by Gasteiger charge is 2.04. The molecule has 20 heavy (non-hydrogen) atoms. The molecule has 0 fully saturated rings. The van der Waals surface area contributed by atoms with Gasteiger partial charge in [0.1, 0.15) is 5.82 Å². The molecule has 0 aliphatic rings. The summed E-state index contributed by atoms with van der Waals surface area (Å²) in [6, 6.07) is 11.1. The molecule has 5 heteroatoms. The molecular weight excluding hydrogens is 318 g/mol. The molecule has 0 heterocycles. The van der Waals surface area contributed by atoms with Crippen LogP contribution in [0, 0.1) is 5.82 Å². The molecule has 0 amide bonds. The van der Waals surface area contributed by atoms with Crippen molar-refractivity contribution in [3.8, 4) is 0 Å². The monoisotopic (exact) mass is 328 g/mol. The molecule has 0 aliphatic heterocycles. The minimum atomic E-state index is -1.20. The highest BCUT2D eigenvalue weighted by Crippen LogP contribution is 2.22. The molecule has 0 saturated carbocycles. The van der Waals surface area contributed by atoms with Gasteiger partial charge in [0.2, 0.25) is 0 Å². The Morgan fingerprint density at radius 1 is 1.10 bits per heavy atom. The van der Waals surface area contributed by atoms with E-state index in [0.717, 1.165) is 11.1 Å². The van der Waals surface area contributed by atoms with Crippen LogP contribution in [0.1, 0.15) is 11.1 Å². The first-order chi connectivity index (χ1) is 9.54. The molecule has 1 atom stereocenters. The summed E-state index contributed by atoms with van der Waals surface area (Å²) in [5, 5.41) is 2.62. The van der Waals surface area contributed by atoms with Gasteiger partial charge in [-0.05, 0) is 41.5 Å². The van der Waals surface area contributed by atoms with Crippen molar-refractivity contribution in [2.75, 3.05) is 0 Å². The fourth-order valence-electron chi connectivity index (χ4n) is 1.57. The molecule has 0 radical (unpaired) electrons. The summed E-state index contributed by atoms with van der Waals surface area (Å²) >= 11 is 11.8. The standard InChI is InChI=1S/C15H11Cl2FOS/c16-13-4-3-12(15(17)9-13)10-20(19)8-7-11-1-5-14(18)6-2-11/h1-9H,10H2. The zero-order valence-corrected chi connectivity index (χ0v) is 12.7. The van der Waals surface area contributed by atoms with Crippen LogP contribution < -0.4 is 0 Å². The van der Waals surface area contributed by atoms with Gasteiger partial charge in [-0.2, -0.15) is 0 Å². The smallest absolute Gasteiger partial charge is 0.123 e. The largest absolute Gasteiger partial charge is 0.255 e. The van der Waals surface area contributed by atoms with E-state index < -0.39 is 10.8 Å². The van der Waals surface area contributed by atoms with Gasteiger partial charge >= 0.3 is 0 Å². The number of hydrogen-bond acceptors (Lipinski definition) is 1. The van der Waals surface area contributed by atoms with Crippen molar-refractivity contribution in [1.29, 1.82) is 0 Å². The molecule has 0 aliphatic carbocycles. The summed E-state index contributed by atoms with van der Waals surface area (Å²) in [5.74, 6) is 0.0180. The van der Waals surface area contributed by atoms with Crippen molar-refractivity contribution >= 4 is 40.1 Å². The van der Waals surface area contributed by atoms with E-state index in [1.165, 1.54) is 12.1 Å². The van der Waals surface area contributed by atoms with E-state index in [-0.39, 0.29) is 5.82 Å². The normalized spacial score (nSPS) is 12.8. The molecule has 2 aromatic carbocycles. The van der Waals surface area contributed by atoms with Crippen LogP contribution in [0.2, 0.25) is 10.0 Å². The lowest BCUT2D eigenvalue weighted by molar-refractivity contribution is 0.628. The topological polar surface area (TPSA) is 17.1 Å². The SMILES string of the molecule is O=S(C=Cc1ccc(F)cc1)Cc1ccc(Cl)cc1Cl. The van der Waals surface area contributed by atoms with Crippen molar-refractivity contribution < 1.29 is 8.60 Å². The average molecular weight is 329 g/mol. The van der Waals surface area contributed by atoms with Gasteiger partial charge in [0, 0.05) is 15.5 Å². The number of hydrogen-bond donors (Lipinski definition) is 0. The molecule has 2 aromatic rings. The maximum absolute atomic E-state index is 12.7. The van der Waals surface area contributed by atoms with E-state index in [0.29, 0.717) is 15.8 Å². The lowest BCUT2D eigenvalue weighted by Crippen LogP contribution is -1.92. The van der Waals surface area contributed by atoms with Gasteiger partial charge in [0.05, 0.1) is 16.6 Å². The van der Waals surface area contributed by atoms with Crippen LogP contribution in [0.15, 0.2) is 47.9 Å². The summed E-state index contributed by atoms with van der Waals surface area (Å²) in [6.45, 7) is 0. The fourth-order valence-corrected chi connectivity index (χ4v) is 3.09. The highest BCUT2D eigenvalue weighted by atomic mass is 35.5. The van der Waals surface area contributed by atoms with E-state index in [1.54, 1.807) is 41.8 Å². The summed E-state index contributed by atoms with van der Waals surface area (Å²) in [6.07, 6.45) is 1.69. The minimum absolute atomic E-state index is 0.295. The first-order valence-corrected chi connectivity index (χ1v) is 7.93. The molecule has 0 aromatic heterocycles. The van der Waals surface area contributed by atoms with Crippen molar-refractivity contribution in [2.24, 2.45) is 0 Å². The second-order valence-corrected chi connectivity index (χ2v) is 6.28. The quantitative estimate of drug-likeness (QED) is 0.767. The third-order valence-corrected chi connectivity index (χ3v) is 4.22. The van der Waals surface area contributed by atoms with E-state index in [2.05, 4.69) is 0 Å². The van der Waals surface area contributed by atoms with Crippen molar-refractivity contribution in [1.82, 2.24) is 0 Å². The summed E-state index contributed by atoms with van der Waals surface area (Å²) in [4.78, 5) is 0. The Morgan fingerprint density at radius 2 is 1.80 bits per heavy atom. The minimum Gasteiger partial charge on any atom is -0.255 e. The van der Waals surface area contributed by atoms with E-state index in [4.69, 9.17) is 23.2 Å². The molecule has 0 N–H and O–H groups in total. The predicted octanol–water partition coefficient (Wildman–Crippen LogP) is 5.05. The predicted molar refractivity (Wildman–Crippen MR) is 83.7 cm³/mol. The molecule has 2 rings (SSSR count). The van der Waals surface area contributed by atoms with Crippen molar-refractivity contribution in [2.45, 2.75) is 5.75 Å². The van der Waals surface area contributed by atoms with Crippen LogP contribution in [-0.2, 0) is 16.6 Å². The number of rotatable bonds is 4. The maximum atomic E-state index is 12.7. The van der Waals surface area contributed by atoms with E-state index in [1.807, 2.05) is 0 Å². The van der Waals surface area contributed by atoms with Gasteiger partial charge in [-0.3, -0.25) is 4.21 Å². The van der Waals surface area contributed by atoms with E-state index in [9.17, 15) is 8.60 Å². The number of benzene rings is 2. The highest BCUT2D eigenvalue weighted by molar-refractivity contribution is 7.87. The molecule has 0 spiro atoms. The van der Waals surface area contributed by atoms with Crippen LogP contribution in [0.3, 0.4) is 0 Å². The molecule has 1 unspecified atom stereocenters. The van der Waals surface area contributed by atoms with Gasteiger partial charge in [-0.25, -0.2) is 4.39 Å². The second kappa shape index (κ2) is 7.02. The Hall–Kier alpha value is -1.16. The van der Waals surface area contributed by atoms with Crippen LogP contribution in [0.4, 0.5) is 4.39 Å². The Kier molecular flexibility index (Phi) is 5.35. The zero-order valence-electron chi connectivity index (χ0n) is 10.4. The lowest BCUT2D eigenvalue weighted by Gasteiger charge is -2.02. The van der Waals surface area contributed by atoms with Crippen molar-refractivity contribution in [3.63, 3.8) is 0 Å². The molecule has 1 nitrogen and oxygen atoms in total. The maximum Gasteiger partial charge on any atom is 0.123 e. The average Bonchev–Trinajstić information content (AvgIpc) is 2.41. The summed E-state index contributed by atoms with van der Waals surface area (Å²) < 4.78 is 24.7. The van der Waals surface area contributed by atoms with Gasteiger partial charge in [-0.1, -0.05) is 41.4 Å². The summed E-state index contributed by atoms with van der Waals surface area (Å²) in [7, 11) is -1.20. The van der Waals surface area contributed by atoms with Crippen LogP contribution in [0.5, 0.6) is 0 Å². The Balaban J connectivity index is 2.03. The summed E-state index contributed by atoms with van der Waals surface area (Å²) in [5.41, 5.74) is 1.57. The van der Waals surface area contributed by atoms with Gasteiger partial charge in [-0.15, -0.1) is 0 Å². The van der Waals surface area contributed by atoms with Gasteiger partial charge in [0.15, 0.2) is 0 Å². The molecular formula is C15H11Cl2FOS. The van der Waals surface area contributed by atoms with Crippen LogP contribution in [0.25, 0.3) is 6.08 Å². The first-order valence-electron chi connectivity index (χ1n) is 5.79. The van der Waals surface area contributed by atoms with Crippen LogP contribution >= 0.6 is 23.2 Å². The third-order valence-electron chi connectivity index (χ3n) is 2.60. The Bertz CT molecular complexity index is 653. The van der Waals surface area contributed by atoms with Crippen LogP contribution in [-0.4, -0.2) is 4.21 Å². The van der Waals surface area contributed by atoms with Crippen molar-refractivity contribution in [3.05, 3.63) is 74.9 Å². The number of halogens is 3.